The Morgan fingerprint density at radius 2 is 1.80 bits per heavy atom. The monoisotopic (exact) mass is 425 g/mol. The molecule has 2 aromatic rings. The zero-order valence-electron chi connectivity index (χ0n) is 18.9. The molecule has 1 aromatic carbocycles. The summed E-state index contributed by atoms with van der Waals surface area (Å²) in [6.45, 7) is 11.9. The van der Waals surface area contributed by atoms with Crippen molar-refractivity contribution >= 4 is 19.9 Å². The summed E-state index contributed by atoms with van der Waals surface area (Å²) >= 11 is 0. The fraction of sp³-hybridized carbons (Fsp3) is 0.440. The SMILES string of the molecule is CC(C)(C)[Si](C)(C)OCc1ccc(C(=CCCCCC(=O)O)c2cccnc2)cc1. The Morgan fingerprint density at radius 3 is 2.37 bits per heavy atom. The highest BCUT2D eigenvalue weighted by Crippen LogP contribution is 2.37. The van der Waals surface area contributed by atoms with Crippen LogP contribution in [-0.4, -0.2) is 24.4 Å². The Morgan fingerprint density at radius 1 is 1.10 bits per heavy atom. The average Bonchev–Trinajstić information content (AvgIpc) is 2.69. The van der Waals surface area contributed by atoms with Gasteiger partial charge in [-0.2, -0.15) is 0 Å². The van der Waals surface area contributed by atoms with Crippen LogP contribution in [0.3, 0.4) is 0 Å². The first-order valence-corrected chi connectivity index (χ1v) is 13.6. The Balaban J connectivity index is 2.12. The van der Waals surface area contributed by atoms with E-state index in [2.05, 4.69) is 75.3 Å². The van der Waals surface area contributed by atoms with Crippen molar-refractivity contribution in [3.05, 3.63) is 71.6 Å². The summed E-state index contributed by atoms with van der Waals surface area (Å²) in [5.74, 6) is -0.734. The molecule has 0 spiro atoms. The number of benzene rings is 1. The molecule has 5 heteroatoms. The van der Waals surface area contributed by atoms with Gasteiger partial charge in [-0.25, -0.2) is 0 Å². The summed E-state index contributed by atoms with van der Waals surface area (Å²) in [5, 5.41) is 9.01. The minimum atomic E-state index is -1.77. The van der Waals surface area contributed by atoms with E-state index in [1.807, 2.05) is 12.3 Å². The molecule has 30 heavy (non-hydrogen) atoms. The second kappa shape index (κ2) is 10.7. The number of pyridine rings is 1. The number of carboxylic acids is 1. The molecule has 0 aliphatic heterocycles. The number of hydrogen-bond donors (Lipinski definition) is 1. The Labute approximate surface area is 182 Å². The lowest BCUT2D eigenvalue weighted by Gasteiger charge is -2.36. The predicted octanol–water partition coefficient (Wildman–Crippen LogP) is 6.68. The van der Waals surface area contributed by atoms with E-state index in [4.69, 9.17) is 9.53 Å². The lowest BCUT2D eigenvalue weighted by atomic mass is 9.96. The molecule has 2 rings (SSSR count). The van der Waals surface area contributed by atoms with Gasteiger partial charge in [0.2, 0.25) is 0 Å². The third-order valence-corrected chi connectivity index (χ3v) is 10.3. The summed E-state index contributed by atoms with van der Waals surface area (Å²) in [7, 11) is -1.77. The molecule has 0 atom stereocenters. The second-order valence-electron chi connectivity index (χ2n) is 9.24. The lowest BCUT2D eigenvalue weighted by Crippen LogP contribution is -2.40. The van der Waals surface area contributed by atoms with Crippen LogP contribution in [0.2, 0.25) is 18.1 Å². The van der Waals surface area contributed by atoms with Gasteiger partial charge in [0.25, 0.3) is 0 Å². The number of hydrogen-bond acceptors (Lipinski definition) is 3. The maximum atomic E-state index is 10.7. The molecule has 1 aromatic heterocycles. The molecule has 162 valence electrons. The van der Waals surface area contributed by atoms with Crippen molar-refractivity contribution in [2.45, 2.75) is 71.2 Å². The molecular formula is C25H35NO3Si. The summed E-state index contributed by atoms with van der Waals surface area (Å²) in [5.41, 5.74) is 4.52. The molecule has 0 fully saturated rings. The highest BCUT2D eigenvalue weighted by Gasteiger charge is 2.36. The minimum Gasteiger partial charge on any atom is -0.481 e. The average molecular weight is 426 g/mol. The van der Waals surface area contributed by atoms with Crippen LogP contribution in [-0.2, 0) is 15.8 Å². The normalized spacial score (nSPS) is 12.8. The molecule has 1 N–H and O–H groups in total. The largest absolute Gasteiger partial charge is 0.481 e. The zero-order valence-corrected chi connectivity index (χ0v) is 19.9. The van der Waals surface area contributed by atoms with E-state index in [1.54, 1.807) is 6.20 Å². The minimum absolute atomic E-state index is 0.198. The van der Waals surface area contributed by atoms with Gasteiger partial charge in [0.1, 0.15) is 0 Å². The number of aromatic nitrogens is 1. The lowest BCUT2D eigenvalue weighted by molar-refractivity contribution is -0.137. The summed E-state index contributed by atoms with van der Waals surface area (Å²) in [6, 6.07) is 12.6. The van der Waals surface area contributed by atoms with Crippen LogP contribution >= 0.6 is 0 Å². The van der Waals surface area contributed by atoms with E-state index >= 15 is 0 Å². The van der Waals surface area contributed by atoms with Gasteiger partial charge in [-0.15, -0.1) is 0 Å². The van der Waals surface area contributed by atoms with Crippen LogP contribution in [0.25, 0.3) is 5.57 Å². The molecular weight excluding hydrogens is 390 g/mol. The Bertz CT molecular complexity index is 837. The van der Waals surface area contributed by atoms with Gasteiger partial charge < -0.3 is 9.53 Å². The third-order valence-electron chi connectivity index (χ3n) is 5.84. The maximum absolute atomic E-state index is 10.7. The smallest absolute Gasteiger partial charge is 0.303 e. The van der Waals surface area contributed by atoms with Gasteiger partial charge >= 0.3 is 5.97 Å². The molecule has 0 saturated carbocycles. The Kier molecular flexibility index (Phi) is 8.56. The molecule has 4 nitrogen and oxygen atoms in total. The first kappa shape index (κ1) is 24.0. The fourth-order valence-corrected chi connectivity index (χ4v) is 3.81. The number of carboxylic acid groups (broad SMARTS) is 1. The first-order chi connectivity index (χ1) is 14.1. The van der Waals surface area contributed by atoms with E-state index < -0.39 is 14.3 Å². The van der Waals surface area contributed by atoms with Crippen LogP contribution in [0.5, 0.6) is 0 Å². The van der Waals surface area contributed by atoms with Gasteiger partial charge in [-0.1, -0.05) is 57.2 Å². The van der Waals surface area contributed by atoms with Crippen molar-refractivity contribution in [3.63, 3.8) is 0 Å². The number of allylic oxidation sites excluding steroid dienone is 1. The van der Waals surface area contributed by atoms with E-state index in [-0.39, 0.29) is 11.5 Å². The second-order valence-corrected chi connectivity index (χ2v) is 14.1. The molecule has 0 aliphatic rings. The number of aliphatic carboxylic acids is 1. The molecule has 0 aliphatic carbocycles. The van der Waals surface area contributed by atoms with Crippen molar-refractivity contribution in [1.29, 1.82) is 0 Å². The van der Waals surface area contributed by atoms with E-state index in [9.17, 15) is 4.79 Å². The van der Waals surface area contributed by atoms with Crippen molar-refractivity contribution < 1.29 is 14.3 Å². The fourth-order valence-electron chi connectivity index (χ4n) is 2.85. The topological polar surface area (TPSA) is 59.4 Å². The van der Waals surface area contributed by atoms with Gasteiger partial charge in [-0.3, -0.25) is 9.78 Å². The van der Waals surface area contributed by atoms with Gasteiger partial charge in [0, 0.05) is 24.4 Å². The van der Waals surface area contributed by atoms with Gasteiger partial charge in [0.15, 0.2) is 8.32 Å². The highest BCUT2D eigenvalue weighted by atomic mass is 28.4. The van der Waals surface area contributed by atoms with Crippen molar-refractivity contribution in [3.8, 4) is 0 Å². The summed E-state index contributed by atoms with van der Waals surface area (Å²) in [6.07, 6.45) is 8.45. The zero-order chi connectivity index (χ0) is 22.2. The quantitative estimate of drug-likeness (QED) is 0.341. The van der Waals surface area contributed by atoms with Crippen molar-refractivity contribution in [1.82, 2.24) is 4.98 Å². The molecule has 0 amide bonds. The Hall–Kier alpha value is -2.24. The van der Waals surface area contributed by atoms with Crippen LogP contribution in [0.15, 0.2) is 54.9 Å². The van der Waals surface area contributed by atoms with Gasteiger partial charge in [-0.05, 0) is 60.2 Å². The van der Waals surface area contributed by atoms with Crippen LogP contribution in [0, 0.1) is 0 Å². The van der Waals surface area contributed by atoms with Gasteiger partial charge in [0.05, 0.1) is 6.61 Å². The molecule has 0 bridgehead atoms. The summed E-state index contributed by atoms with van der Waals surface area (Å²) < 4.78 is 6.34. The number of unbranched alkanes of at least 4 members (excludes halogenated alkanes) is 2. The van der Waals surface area contributed by atoms with Crippen molar-refractivity contribution in [2.75, 3.05) is 0 Å². The van der Waals surface area contributed by atoms with Crippen LogP contribution in [0.4, 0.5) is 0 Å². The van der Waals surface area contributed by atoms with E-state index in [1.165, 1.54) is 5.56 Å². The molecule has 0 saturated heterocycles. The first-order valence-electron chi connectivity index (χ1n) is 10.7. The van der Waals surface area contributed by atoms with Crippen molar-refractivity contribution in [2.24, 2.45) is 0 Å². The standard InChI is InChI=1S/C25H35NO3Si/c1-25(2,3)30(4,5)29-19-20-13-15-21(16-14-20)23(22-10-9-17-26-18-22)11-7-6-8-12-24(27)28/h9-11,13-18H,6-8,12,19H2,1-5H3,(H,27,28). The van der Waals surface area contributed by atoms with E-state index in [0.29, 0.717) is 13.0 Å². The van der Waals surface area contributed by atoms with Crippen LogP contribution < -0.4 is 0 Å². The number of rotatable bonds is 10. The predicted molar refractivity (Wildman–Crippen MR) is 126 cm³/mol. The highest BCUT2D eigenvalue weighted by molar-refractivity contribution is 6.74. The molecule has 1 heterocycles. The molecule has 0 unspecified atom stereocenters. The number of carbonyl (C=O) groups is 1. The molecule has 0 radical (unpaired) electrons. The summed E-state index contributed by atoms with van der Waals surface area (Å²) in [4.78, 5) is 15.0. The van der Waals surface area contributed by atoms with Crippen LogP contribution in [0.1, 0.15) is 63.1 Å². The third kappa shape index (κ3) is 7.22. The van der Waals surface area contributed by atoms with E-state index in [0.717, 1.165) is 29.5 Å². The number of nitrogens with zero attached hydrogens (tertiary/aromatic N) is 1. The maximum Gasteiger partial charge on any atom is 0.303 e.